The average molecular weight is 324 g/mol. The fourth-order valence-electron chi connectivity index (χ4n) is 1.96. The van der Waals surface area contributed by atoms with E-state index in [1.54, 1.807) is 4.68 Å². The van der Waals surface area contributed by atoms with Crippen LogP contribution in [0.3, 0.4) is 0 Å². The smallest absolute Gasteiger partial charge is 0.163 e. The van der Waals surface area contributed by atoms with Crippen molar-refractivity contribution in [2.45, 2.75) is 6.54 Å². The summed E-state index contributed by atoms with van der Waals surface area (Å²) < 4.78 is 13.8. The van der Waals surface area contributed by atoms with E-state index in [1.807, 2.05) is 31.6 Å². The highest BCUT2D eigenvalue weighted by atomic mass is 79.9. The lowest BCUT2D eigenvalue weighted by Crippen LogP contribution is -2.15. The van der Waals surface area contributed by atoms with Gasteiger partial charge in [-0.3, -0.25) is 4.68 Å². The summed E-state index contributed by atoms with van der Waals surface area (Å²) in [5.74, 6) is 1.56. The van der Waals surface area contributed by atoms with Crippen LogP contribution in [0.4, 0.5) is 5.69 Å². The van der Waals surface area contributed by atoms with E-state index < -0.39 is 0 Å². The number of nitrogens with one attached hydrogen (secondary N) is 1. The van der Waals surface area contributed by atoms with Crippen LogP contribution >= 0.6 is 15.9 Å². The van der Waals surface area contributed by atoms with Gasteiger partial charge in [-0.2, -0.15) is 5.10 Å². The van der Waals surface area contributed by atoms with Crippen molar-refractivity contribution in [1.29, 1.82) is 0 Å². The molecule has 0 spiro atoms. The number of halogens is 1. The molecule has 19 heavy (non-hydrogen) atoms. The van der Waals surface area contributed by atoms with Crippen molar-refractivity contribution in [1.82, 2.24) is 9.78 Å². The molecule has 0 fully saturated rings. The predicted octanol–water partition coefficient (Wildman–Crippen LogP) is 2.57. The highest BCUT2D eigenvalue weighted by Crippen LogP contribution is 2.38. The number of aromatic nitrogens is 2. The van der Waals surface area contributed by atoms with E-state index in [2.05, 4.69) is 26.3 Å². The predicted molar refractivity (Wildman–Crippen MR) is 75.7 cm³/mol. The summed E-state index contributed by atoms with van der Waals surface area (Å²) in [6.45, 7) is 1.91. The SMILES string of the molecule is Cn1cc(CNc2cc3c(cc2Br)OCCO3)cn1. The second kappa shape index (κ2) is 5.13. The van der Waals surface area contributed by atoms with Crippen LogP contribution < -0.4 is 14.8 Å². The summed E-state index contributed by atoms with van der Waals surface area (Å²) >= 11 is 3.54. The van der Waals surface area contributed by atoms with Crippen LogP contribution in [0.5, 0.6) is 11.5 Å². The molecule has 0 aliphatic carbocycles. The second-order valence-electron chi connectivity index (χ2n) is 4.35. The molecule has 0 unspecified atom stereocenters. The quantitative estimate of drug-likeness (QED) is 0.943. The Labute approximate surface area is 119 Å². The van der Waals surface area contributed by atoms with Crippen molar-refractivity contribution in [3.05, 3.63) is 34.6 Å². The molecule has 0 radical (unpaired) electrons. The Kier molecular flexibility index (Phi) is 3.33. The minimum atomic E-state index is 0.594. The molecule has 1 aliphatic rings. The molecular weight excluding hydrogens is 310 g/mol. The van der Waals surface area contributed by atoms with Gasteiger partial charge in [-0.25, -0.2) is 0 Å². The van der Waals surface area contributed by atoms with Crippen LogP contribution in [0, 0.1) is 0 Å². The monoisotopic (exact) mass is 323 g/mol. The third kappa shape index (κ3) is 2.68. The van der Waals surface area contributed by atoms with E-state index in [9.17, 15) is 0 Å². The lowest BCUT2D eigenvalue weighted by atomic mass is 10.2. The van der Waals surface area contributed by atoms with E-state index in [-0.39, 0.29) is 0 Å². The maximum atomic E-state index is 5.57. The van der Waals surface area contributed by atoms with E-state index in [1.165, 1.54) is 0 Å². The Morgan fingerprint density at radius 3 is 2.74 bits per heavy atom. The molecule has 1 aliphatic heterocycles. The van der Waals surface area contributed by atoms with Gasteiger partial charge in [0.05, 0.1) is 11.9 Å². The lowest BCUT2D eigenvalue weighted by molar-refractivity contribution is 0.171. The molecule has 1 aromatic heterocycles. The largest absolute Gasteiger partial charge is 0.486 e. The minimum Gasteiger partial charge on any atom is -0.486 e. The molecule has 3 rings (SSSR count). The van der Waals surface area contributed by atoms with E-state index in [0.717, 1.165) is 27.2 Å². The molecule has 0 bridgehead atoms. The molecule has 5 nitrogen and oxygen atoms in total. The molecule has 0 amide bonds. The molecule has 100 valence electrons. The summed E-state index contributed by atoms with van der Waals surface area (Å²) in [5.41, 5.74) is 2.11. The van der Waals surface area contributed by atoms with Gasteiger partial charge >= 0.3 is 0 Å². The van der Waals surface area contributed by atoms with E-state index in [0.29, 0.717) is 19.8 Å². The van der Waals surface area contributed by atoms with Crippen LogP contribution in [0.1, 0.15) is 5.56 Å². The molecule has 1 aromatic carbocycles. The van der Waals surface area contributed by atoms with Gasteiger partial charge < -0.3 is 14.8 Å². The highest BCUT2D eigenvalue weighted by Gasteiger charge is 2.14. The molecule has 0 atom stereocenters. The van der Waals surface area contributed by atoms with Gasteiger partial charge in [0.1, 0.15) is 13.2 Å². The molecule has 6 heteroatoms. The summed E-state index contributed by atoms with van der Waals surface area (Å²) in [5, 5.41) is 7.50. The Morgan fingerprint density at radius 2 is 2.05 bits per heavy atom. The summed E-state index contributed by atoms with van der Waals surface area (Å²) in [6, 6.07) is 3.88. The molecule has 1 N–H and O–H groups in total. The fraction of sp³-hybridized carbons (Fsp3) is 0.308. The van der Waals surface area contributed by atoms with Crippen molar-refractivity contribution in [3.8, 4) is 11.5 Å². The van der Waals surface area contributed by atoms with Crippen LogP contribution in [0.2, 0.25) is 0 Å². The zero-order valence-electron chi connectivity index (χ0n) is 10.5. The van der Waals surface area contributed by atoms with Crippen molar-refractivity contribution >= 4 is 21.6 Å². The van der Waals surface area contributed by atoms with Crippen LogP contribution in [-0.2, 0) is 13.6 Å². The Hall–Kier alpha value is -1.69. The summed E-state index contributed by atoms with van der Waals surface area (Å²) in [4.78, 5) is 0. The second-order valence-corrected chi connectivity index (χ2v) is 5.21. The highest BCUT2D eigenvalue weighted by molar-refractivity contribution is 9.10. The van der Waals surface area contributed by atoms with Gasteiger partial charge in [-0.05, 0) is 15.9 Å². The number of fused-ring (bicyclic) bond motifs is 1. The maximum Gasteiger partial charge on any atom is 0.163 e. The molecule has 2 aromatic rings. The summed E-state index contributed by atoms with van der Waals surface area (Å²) in [6.07, 6.45) is 3.83. The molecule has 0 saturated carbocycles. The number of hydrogen-bond acceptors (Lipinski definition) is 4. The third-order valence-electron chi connectivity index (χ3n) is 2.87. The van der Waals surface area contributed by atoms with Crippen molar-refractivity contribution in [3.63, 3.8) is 0 Å². The van der Waals surface area contributed by atoms with Crippen LogP contribution in [-0.4, -0.2) is 23.0 Å². The van der Waals surface area contributed by atoms with Gasteiger partial charge in [0.15, 0.2) is 11.5 Å². The van der Waals surface area contributed by atoms with Gasteiger partial charge in [0, 0.05) is 42.0 Å². The zero-order valence-corrected chi connectivity index (χ0v) is 12.1. The van der Waals surface area contributed by atoms with Gasteiger partial charge in [0.2, 0.25) is 0 Å². The number of aryl methyl sites for hydroxylation is 1. The molecule has 0 saturated heterocycles. The standard InChI is InChI=1S/C13H14BrN3O2/c1-17-8-9(7-16-17)6-15-11-5-13-12(4-10(11)14)18-2-3-19-13/h4-5,7-8,15H,2-3,6H2,1H3. The number of ether oxygens (including phenoxy) is 2. The average Bonchev–Trinajstić information content (AvgIpc) is 2.82. The minimum absolute atomic E-state index is 0.594. The lowest BCUT2D eigenvalue weighted by Gasteiger charge is -2.20. The van der Waals surface area contributed by atoms with Crippen molar-refractivity contribution in [2.75, 3.05) is 18.5 Å². The van der Waals surface area contributed by atoms with Gasteiger partial charge in [-0.1, -0.05) is 0 Å². The Balaban J connectivity index is 1.77. The topological polar surface area (TPSA) is 48.3 Å². The first-order chi connectivity index (χ1) is 9.22. The van der Waals surface area contributed by atoms with Crippen molar-refractivity contribution in [2.24, 2.45) is 7.05 Å². The first kappa shape index (κ1) is 12.3. The molecule has 2 heterocycles. The van der Waals surface area contributed by atoms with Crippen LogP contribution in [0.25, 0.3) is 0 Å². The van der Waals surface area contributed by atoms with E-state index in [4.69, 9.17) is 9.47 Å². The van der Waals surface area contributed by atoms with Crippen LogP contribution in [0.15, 0.2) is 29.0 Å². The third-order valence-corrected chi connectivity index (χ3v) is 3.53. The van der Waals surface area contributed by atoms with E-state index >= 15 is 0 Å². The Bertz CT molecular complexity index is 598. The number of nitrogens with zero attached hydrogens (tertiary/aromatic N) is 2. The number of hydrogen-bond donors (Lipinski definition) is 1. The zero-order chi connectivity index (χ0) is 13.2. The Morgan fingerprint density at radius 1 is 1.32 bits per heavy atom. The maximum absolute atomic E-state index is 5.57. The molecular formula is C13H14BrN3O2. The van der Waals surface area contributed by atoms with Gasteiger partial charge in [-0.15, -0.1) is 0 Å². The summed E-state index contributed by atoms with van der Waals surface area (Å²) in [7, 11) is 1.91. The first-order valence-corrected chi connectivity index (χ1v) is 6.82. The first-order valence-electron chi connectivity index (χ1n) is 6.03. The van der Waals surface area contributed by atoms with Gasteiger partial charge in [0.25, 0.3) is 0 Å². The fourth-order valence-corrected chi connectivity index (χ4v) is 2.42. The number of anilines is 1. The number of rotatable bonds is 3. The van der Waals surface area contributed by atoms with Crippen molar-refractivity contribution < 1.29 is 9.47 Å². The normalized spacial score (nSPS) is 13.4. The number of benzene rings is 1.